The van der Waals surface area contributed by atoms with E-state index in [9.17, 15) is 0 Å². The summed E-state index contributed by atoms with van der Waals surface area (Å²) in [6.07, 6.45) is 0. The zero-order valence-corrected chi connectivity index (χ0v) is 14.8. The van der Waals surface area contributed by atoms with Gasteiger partial charge >= 0.3 is 0 Å². The molecule has 6 heteroatoms. The normalized spacial score (nSPS) is 10.5. The first-order valence-electron chi connectivity index (χ1n) is 5.43. The van der Waals surface area contributed by atoms with E-state index in [-0.39, 0.29) is 0 Å². The molecule has 0 bridgehead atoms. The fraction of sp³-hybridized carbons (Fsp3) is 0.231. The fourth-order valence-electron chi connectivity index (χ4n) is 1.56. The van der Waals surface area contributed by atoms with Crippen LogP contribution >= 0.6 is 54.8 Å². The van der Waals surface area contributed by atoms with Crippen LogP contribution in [0.5, 0.6) is 11.5 Å². The number of thiophene rings is 1. The van der Waals surface area contributed by atoms with Crippen LogP contribution < -0.4 is 9.47 Å². The number of ether oxygens (including phenoxy) is 2. The zero-order chi connectivity index (χ0) is 13.8. The van der Waals surface area contributed by atoms with Crippen LogP contribution in [0.25, 0.3) is 0 Å². The van der Waals surface area contributed by atoms with Crippen LogP contribution in [0.1, 0.15) is 10.4 Å². The Labute approximate surface area is 137 Å². The Kier molecular flexibility index (Phi) is 5.57. The molecule has 2 rings (SSSR count). The van der Waals surface area contributed by atoms with Crippen LogP contribution in [0.4, 0.5) is 0 Å². The van der Waals surface area contributed by atoms with Crippen molar-refractivity contribution >= 4 is 54.8 Å². The minimum Gasteiger partial charge on any atom is -0.493 e. The van der Waals surface area contributed by atoms with Gasteiger partial charge in [0.15, 0.2) is 11.5 Å². The molecule has 0 unspecified atom stereocenters. The maximum Gasteiger partial charge on any atom is 0.180 e. The Morgan fingerprint density at radius 3 is 2.68 bits per heavy atom. The minimum absolute atomic E-state index is 0.472. The summed E-state index contributed by atoms with van der Waals surface area (Å²) in [7, 11) is 1.61. The van der Waals surface area contributed by atoms with E-state index in [1.807, 2.05) is 24.3 Å². The van der Waals surface area contributed by atoms with E-state index in [0.717, 1.165) is 19.6 Å². The number of hydrogen-bond donors (Lipinski definition) is 0. The molecule has 0 spiro atoms. The van der Waals surface area contributed by atoms with Crippen molar-refractivity contribution in [3.05, 3.63) is 43.5 Å². The van der Waals surface area contributed by atoms with Crippen molar-refractivity contribution in [2.75, 3.05) is 7.11 Å². The van der Waals surface area contributed by atoms with Gasteiger partial charge in [0, 0.05) is 10.2 Å². The van der Waals surface area contributed by atoms with Gasteiger partial charge in [-0.15, -0.1) is 11.3 Å². The quantitative estimate of drug-likeness (QED) is 0.576. The summed E-state index contributed by atoms with van der Waals surface area (Å²) in [6, 6.07) is 7.80. The first-order valence-corrected chi connectivity index (χ1v) is 8.54. The van der Waals surface area contributed by atoms with E-state index in [1.54, 1.807) is 18.4 Å². The molecule has 0 radical (unpaired) electrons. The molecule has 0 aliphatic heterocycles. The Morgan fingerprint density at radius 2 is 2.11 bits per heavy atom. The first kappa shape index (κ1) is 15.2. The van der Waals surface area contributed by atoms with Crippen LogP contribution in [0, 0.1) is 0 Å². The second kappa shape index (κ2) is 6.97. The van der Waals surface area contributed by atoms with E-state index < -0.39 is 0 Å². The minimum atomic E-state index is 0.472. The molecule has 0 N–H and O–H groups in total. The molecule has 2 nitrogen and oxygen atoms in total. The molecular weight excluding hydrogens is 415 g/mol. The van der Waals surface area contributed by atoms with E-state index in [4.69, 9.17) is 21.1 Å². The summed E-state index contributed by atoms with van der Waals surface area (Å²) in [4.78, 5) is 1.12. The molecule has 1 aromatic carbocycles. The number of rotatable bonds is 5. The van der Waals surface area contributed by atoms with Crippen LogP contribution in [0.2, 0.25) is 5.02 Å². The van der Waals surface area contributed by atoms with Gasteiger partial charge in [-0.1, -0.05) is 27.5 Å². The topological polar surface area (TPSA) is 18.5 Å². The summed E-state index contributed by atoms with van der Waals surface area (Å²) in [5.74, 6) is 1.23. The lowest BCUT2D eigenvalue weighted by Crippen LogP contribution is -1.97. The molecule has 1 heterocycles. The lowest BCUT2D eigenvalue weighted by Gasteiger charge is -2.13. The van der Waals surface area contributed by atoms with Crippen LogP contribution in [0.3, 0.4) is 0 Å². The van der Waals surface area contributed by atoms with Gasteiger partial charge in [0.1, 0.15) is 6.61 Å². The lowest BCUT2D eigenvalue weighted by molar-refractivity contribution is 0.287. The highest BCUT2D eigenvalue weighted by Crippen LogP contribution is 2.37. The van der Waals surface area contributed by atoms with Gasteiger partial charge in [-0.25, -0.2) is 0 Å². The van der Waals surface area contributed by atoms with E-state index in [2.05, 4.69) is 31.9 Å². The number of alkyl halides is 1. The third kappa shape index (κ3) is 3.88. The lowest BCUT2D eigenvalue weighted by atomic mass is 10.2. The molecule has 1 aromatic heterocycles. The molecular formula is C13H11Br2ClO2S. The van der Waals surface area contributed by atoms with E-state index >= 15 is 0 Å². The Hall–Kier alpha value is -0.230. The van der Waals surface area contributed by atoms with Crippen LogP contribution in [0.15, 0.2) is 28.1 Å². The Balaban J connectivity index is 2.19. The zero-order valence-electron chi connectivity index (χ0n) is 10.1. The molecule has 0 amide bonds. The first-order chi connectivity index (χ1) is 9.13. The maximum atomic E-state index is 6.23. The summed E-state index contributed by atoms with van der Waals surface area (Å²) >= 11 is 14.7. The van der Waals surface area contributed by atoms with Gasteiger partial charge in [-0.2, -0.15) is 0 Å². The van der Waals surface area contributed by atoms with Gasteiger partial charge in [0.05, 0.1) is 15.9 Å². The van der Waals surface area contributed by atoms with Crippen LogP contribution in [-0.2, 0) is 11.9 Å². The fourth-order valence-corrected chi connectivity index (χ4v) is 3.57. The number of halogens is 3. The predicted molar refractivity (Wildman–Crippen MR) is 87.0 cm³/mol. The molecule has 0 saturated carbocycles. The Bertz CT molecular complexity index is 572. The summed E-state index contributed by atoms with van der Waals surface area (Å²) in [5.41, 5.74) is 1.05. The Morgan fingerprint density at radius 1 is 1.32 bits per heavy atom. The van der Waals surface area contributed by atoms with Crippen molar-refractivity contribution < 1.29 is 9.47 Å². The van der Waals surface area contributed by atoms with Crippen molar-refractivity contribution in [3.8, 4) is 11.5 Å². The van der Waals surface area contributed by atoms with E-state index in [0.29, 0.717) is 23.1 Å². The molecule has 0 fully saturated rings. The molecule has 2 aromatic rings. The smallest absolute Gasteiger partial charge is 0.180 e. The van der Waals surface area contributed by atoms with Crippen molar-refractivity contribution in [3.63, 3.8) is 0 Å². The largest absolute Gasteiger partial charge is 0.493 e. The maximum absolute atomic E-state index is 6.23. The average molecular weight is 427 g/mol. The summed E-state index contributed by atoms with van der Waals surface area (Å²) in [6.45, 7) is 0.472. The molecule has 102 valence electrons. The summed E-state index contributed by atoms with van der Waals surface area (Å²) < 4.78 is 12.2. The predicted octanol–water partition coefficient (Wildman–Crippen LogP) is 5.65. The van der Waals surface area contributed by atoms with Gasteiger partial charge in [-0.05, 0) is 45.8 Å². The molecule has 19 heavy (non-hydrogen) atoms. The highest BCUT2D eigenvalue weighted by Gasteiger charge is 2.12. The highest BCUT2D eigenvalue weighted by atomic mass is 79.9. The van der Waals surface area contributed by atoms with Gasteiger partial charge in [0.25, 0.3) is 0 Å². The molecule has 0 aliphatic carbocycles. The molecule has 0 saturated heterocycles. The van der Waals surface area contributed by atoms with E-state index in [1.165, 1.54) is 0 Å². The average Bonchev–Trinajstić information content (AvgIpc) is 2.82. The number of methoxy groups -OCH3 is 1. The second-order valence-corrected chi connectivity index (χ2v) is 7.25. The number of hydrogen-bond acceptors (Lipinski definition) is 3. The second-order valence-electron chi connectivity index (χ2n) is 3.74. The van der Waals surface area contributed by atoms with Crippen molar-refractivity contribution in [1.82, 2.24) is 0 Å². The van der Waals surface area contributed by atoms with Gasteiger partial charge in [-0.3, -0.25) is 0 Å². The molecule has 0 atom stereocenters. The summed E-state index contributed by atoms with van der Waals surface area (Å²) in [5, 5.41) is 1.28. The van der Waals surface area contributed by atoms with Crippen LogP contribution in [-0.4, -0.2) is 7.11 Å². The third-order valence-corrected chi connectivity index (χ3v) is 4.96. The van der Waals surface area contributed by atoms with Crippen molar-refractivity contribution in [2.45, 2.75) is 11.9 Å². The standard InChI is InChI=1S/C13H11Br2ClO2S/c1-17-11-5-8(6-14)4-10(16)13(11)18-7-9-2-3-12(15)19-9/h2-5H,6-7H2,1H3. The number of benzene rings is 1. The third-order valence-electron chi connectivity index (χ3n) is 2.43. The highest BCUT2D eigenvalue weighted by molar-refractivity contribution is 9.11. The monoisotopic (exact) mass is 424 g/mol. The SMILES string of the molecule is COc1cc(CBr)cc(Cl)c1OCc1ccc(Br)s1. The molecule has 0 aliphatic rings. The van der Waals surface area contributed by atoms with Gasteiger partial charge < -0.3 is 9.47 Å². The van der Waals surface area contributed by atoms with Gasteiger partial charge in [0.2, 0.25) is 0 Å². The van der Waals surface area contributed by atoms with Crippen molar-refractivity contribution in [1.29, 1.82) is 0 Å². The van der Waals surface area contributed by atoms with Crippen molar-refractivity contribution in [2.24, 2.45) is 0 Å².